The molecule has 0 saturated heterocycles. The molecule has 4 N–H and O–H groups in total. The van der Waals surface area contributed by atoms with E-state index in [1.165, 1.54) is 6.92 Å². The molecule has 2 aromatic carbocycles. The number of hydrogen-bond donors (Lipinski definition) is 3. The highest BCUT2D eigenvalue weighted by Gasteiger charge is 2.08. The van der Waals surface area contributed by atoms with Crippen LogP contribution in [0.15, 0.2) is 58.3 Å². The molecule has 0 aliphatic rings. The van der Waals surface area contributed by atoms with Crippen LogP contribution in [0.2, 0.25) is 0 Å². The summed E-state index contributed by atoms with van der Waals surface area (Å²) in [6, 6.07) is 13.5. The monoisotopic (exact) mass is 331 g/mol. The summed E-state index contributed by atoms with van der Waals surface area (Å²) in [7, 11) is -1.34. The van der Waals surface area contributed by atoms with E-state index in [1.807, 2.05) is 0 Å². The normalized spacial score (nSPS) is 11.6. The Kier molecular flexibility index (Phi) is 5.61. The van der Waals surface area contributed by atoms with Gasteiger partial charge in [-0.1, -0.05) is 0 Å². The van der Waals surface area contributed by atoms with E-state index < -0.39 is 10.8 Å². The molecular weight excluding hydrogens is 314 g/mol. The maximum absolute atomic E-state index is 12.5. The average Bonchev–Trinajstić information content (AvgIpc) is 2.55. The van der Waals surface area contributed by atoms with E-state index in [4.69, 9.17) is 5.73 Å². The fraction of sp³-hybridized carbons (Fsp3) is 0.125. The van der Waals surface area contributed by atoms with Gasteiger partial charge in [-0.15, -0.1) is 0 Å². The highest BCUT2D eigenvalue weighted by atomic mass is 32.2. The number of carbonyl (C=O) groups is 2. The summed E-state index contributed by atoms with van der Waals surface area (Å²) in [6.45, 7) is 1.34. The number of nitrogens with two attached hydrogens (primary N) is 1. The van der Waals surface area contributed by atoms with Crippen LogP contribution in [-0.2, 0) is 20.4 Å². The number of carbonyl (C=O) groups excluding carboxylic acids is 2. The minimum Gasteiger partial charge on any atom is -0.326 e. The summed E-state index contributed by atoms with van der Waals surface area (Å²) in [6.07, 6.45) is 0. The Labute approximate surface area is 136 Å². The van der Waals surface area contributed by atoms with Gasteiger partial charge in [-0.2, -0.15) is 0 Å². The first kappa shape index (κ1) is 16.9. The summed E-state index contributed by atoms with van der Waals surface area (Å²) in [5.74, 6) is -0.443. The maximum Gasteiger partial charge on any atom is 0.238 e. The molecule has 6 nitrogen and oxygen atoms in total. The molecule has 0 saturated carbocycles. The van der Waals surface area contributed by atoms with Gasteiger partial charge in [0.15, 0.2) is 0 Å². The van der Waals surface area contributed by atoms with Gasteiger partial charge in [0.2, 0.25) is 11.8 Å². The Morgan fingerprint density at radius 2 is 1.35 bits per heavy atom. The van der Waals surface area contributed by atoms with Crippen LogP contribution in [0.25, 0.3) is 0 Å². The number of anilines is 2. The van der Waals surface area contributed by atoms with Crippen LogP contribution in [0.4, 0.5) is 11.4 Å². The zero-order valence-corrected chi connectivity index (χ0v) is 13.4. The van der Waals surface area contributed by atoms with Gasteiger partial charge in [-0.25, -0.2) is 4.21 Å². The molecule has 23 heavy (non-hydrogen) atoms. The molecule has 0 bridgehead atoms. The lowest BCUT2D eigenvalue weighted by Gasteiger charge is -2.07. The average molecular weight is 331 g/mol. The van der Waals surface area contributed by atoms with Gasteiger partial charge in [0.05, 0.1) is 17.3 Å². The van der Waals surface area contributed by atoms with Crippen molar-refractivity contribution in [3.63, 3.8) is 0 Å². The molecule has 0 aliphatic heterocycles. The predicted octanol–water partition coefficient (Wildman–Crippen LogP) is 1.71. The molecule has 0 radical (unpaired) electrons. The van der Waals surface area contributed by atoms with Crippen LogP contribution < -0.4 is 16.4 Å². The summed E-state index contributed by atoms with van der Waals surface area (Å²) in [5.41, 5.74) is 6.48. The Morgan fingerprint density at radius 1 is 0.913 bits per heavy atom. The Hall–Kier alpha value is -2.51. The van der Waals surface area contributed by atoms with Gasteiger partial charge in [-0.3, -0.25) is 9.59 Å². The number of rotatable bonds is 5. The Balaban J connectivity index is 2.10. The van der Waals surface area contributed by atoms with E-state index in [0.29, 0.717) is 21.2 Å². The van der Waals surface area contributed by atoms with Crippen molar-refractivity contribution in [1.29, 1.82) is 0 Å². The van der Waals surface area contributed by atoms with E-state index >= 15 is 0 Å². The molecule has 0 aromatic heterocycles. The molecule has 0 spiro atoms. The lowest BCUT2D eigenvalue weighted by molar-refractivity contribution is -0.115. The van der Waals surface area contributed by atoms with Crippen LogP contribution in [-0.4, -0.2) is 22.6 Å². The van der Waals surface area contributed by atoms with E-state index in [0.717, 1.165) is 0 Å². The molecule has 1 unspecified atom stereocenters. The molecule has 120 valence electrons. The van der Waals surface area contributed by atoms with Gasteiger partial charge in [-0.05, 0) is 48.5 Å². The van der Waals surface area contributed by atoms with Crippen LogP contribution in [0.3, 0.4) is 0 Å². The van der Waals surface area contributed by atoms with E-state index in [9.17, 15) is 13.8 Å². The SMILES string of the molecule is CC(=O)Nc1ccc(S(=O)c2ccc(NC(=O)CN)cc2)cc1. The molecule has 0 heterocycles. The van der Waals surface area contributed by atoms with Crippen LogP contribution in [0.5, 0.6) is 0 Å². The van der Waals surface area contributed by atoms with Gasteiger partial charge < -0.3 is 16.4 Å². The third-order valence-electron chi connectivity index (χ3n) is 2.93. The molecule has 0 fully saturated rings. The second kappa shape index (κ2) is 7.66. The van der Waals surface area contributed by atoms with Gasteiger partial charge in [0.25, 0.3) is 0 Å². The van der Waals surface area contributed by atoms with Crippen molar-refractivity contribution in [2.45, 2.75) is 16.7 Å². The maximum atomic E-state index is 12.5. The first-order valence-electron chi connectivity index (χ1n) is 6.89. The number of nitrogens with one attached hydrogen (secondary N) is 2. The summed E-state index contributed by atoms with van der Waals surface area (Å²) in [5, 5.41) is 5.27. The van der Waals surface area contributed by atoms with Gasteiger partial charge >= 0.3 is 0 Å². The smallest absolute Gasteiger partial charge is 0.238 e. The fourth-order valence-electron chi connectivity index (χ4n) is 1.88. The quantitative estimate of drug-likeness (QED) is 0.776. The highest BCUT2D eigenvalue weighted by molar-refractivity contribution is 7.85. The molecule has 7 heteroatoms. The third-order valence-corrected chi connectivity index (χ3v) is 4.33. The zero-order valence-electron chi connectivity index (χ0n) is 12.5. The van der Waals surface area contributed by atoms with E-state index in [-0.39, 0.29) is 18.4 Å². The van der Waals surface area contributed by atoms with Crippen molar-refractivity contribution in [2.24, 2.45) is 5.73 Å². The predicted molar refractivity (Wildman–Crippen MR) is 89.5 cm³/mol. The number of benzene rings is 2. The zero-order chi connectivity index (χ0) is 16.8. The Morgan fingerprint density at radius 3 is 1.74 bits per heavy atom. The highest BCUT2D eigenvalue weighted by Crippen LogP contribution is 2.20. The number of hydrogen-bond acceptors (Lipinski definition) is 4. The molecule has 2 aromatic rings. The summed E-state index contributed by atoms with van der Waals surface area (Å²) in [4.78, 5) is 23.4. The molecule has 2 amide bonds. The topological polar surface area (TPSA) is 101 Å². The molecule has 0 aliphatic carbocycles. The van der Waals surface area contributed by atoms with Crippen molar-refractivity contribution < 1.29 is 13.8 Å². The van der Waals surface area contributed by atoms with E-state index in [2.05, 4.69) is 10.6 Å². The fourth-order valence-corrected chi connectivity index (χ4v) is 2.91. The summed E-state index contributed by atoms with van der Waals surface area (Å²) >= 11 is 0. The first-order valence-corrected chi connectivity index (χ1v) is 8.04. The van der Waals surface area contributed by atoms with Crippen LogP contribution >= 0.6 is 0 Å². The molecular formula is C16H17N3O3S. The number of amides is 2. The van der Waals surface area contributed by atoms with Crippen LogP contribution in [0, 0.1) is 0 Å². The largest absolute Gasteiger partial charge is 0.326 e. The molecule has 2 rings (SSSR count). The second-order valence-electron chi connectivity index (χ2n) is 4.75. The van der Waals surface area contributed by atoms with Crippen molar-refractivity contribution in [1.82, 2.24) is 0 Å². The minimum absolute atomic E-state index is 0.0890. The lowest BCUT2D eigenvalue weighted by atomic mass is 10.3. The van der Waals surface area contributed by atoms with Crippen molar-refractivity contribution in [2.75, 3.05) is 17.2 Å². The first-order chi connectivity index (χ1) is 11.0. The minimum atomic E-state index is -1.34. The van der Waals surface area contributed by atoms with Crippen molar-refractivity contribution in [3.05, 3.63) is 48.5 Å². The van der Waals surface area contributed by atoms with Gasteiger partial charge in [0, 0.05) is 28.1 Å². The standard InChI is InChI=1S/C16H17N3O3S/c1-11(20)18-12-2-6-14(7-3-12)23(22)15-8-4-13(5-9-15)19-16(21)10-17/h2-9H,10,17H2,1H3,(H,18,20)(H,19,21). The van der Waals surface area contributed by atoms with Crippen molar-refractivity contribution >= 4 is 34.0 Å². The Bertz CT molecular complexity index is 727. The second-order valence-corrected chi connectivity index (χ2v) is 6.23. The lowest BCUT2D eigenvalue weighted by Crippen LogP contribution is -2.21. The third kappa shape index (κ3) is 4.73. The molecule has 1 atom stereocenters. The summed E-state index contributed by atoms with van der Waals surface area (Å²) < 4.78 is 12.5. The van der Waals surface area contributed by atoms with Crippen molar-refractivity contribution in [3.8, 4) is 0 Å². The van der Waals surface area contributed by atoms with Crippen LogP contribution in [0.1, 0.15) is 6.92 Å². The van der Waals surface area contributed by atoms with E-state index in [1.54, 1.807) is 48.5 Å². The van der Waals surface area contributed by atoms with Gasteiger partial charge in [0.1, 0.15) is 0 Å².